The average Bonchev–Trinajstić information content (AvgIpc) is 2.98. The number of anilines is 1. The van der Waals surface area contributed by atoms with Crippen molar-refractivity contribution in [1.82, 2.24) is 15.0 Å². The lowest BCUT2D eigenvalue weighted by atomic mass is 10.1. The first-order valence-electron chi connectivity index (χ1n) is 7.00. The zero-order chi connectivity index (χ0) is 13.8. The molecule has 0 bridgehead atoms. The molecule has 2 aromatic heterocycles. The molecule has 104 valence electrons. The van der Waals surface area contributed by atoms with Gasteiger partial charge >= 0.3 is 0 Å². The molecule has 5 heteroatoms. The lowest BCUT2D eigenvalue weighted by molar-refractivity contribution is 0.325. The second-order valence-corrected chi connectivity index (χ2v) is 4.79. The molecule has 2 aromatic rings. The Balaban J connectivity index is 1.87. The molecular weight excluding hydrogens is 252 g/mol. The van der Waals surface area contributed by atoms with Gasteiger partial charge in [0.1, 0.15) is 0 Å². The van der Waals surface area contributed by atoms with E-state index in [0.29, 0.717) is 18.5 Å². The van der Waals surface area contributed by atoms with E-state index in [1.54, 1.807) is 18.6 Å². The van der Waals surface area contributed by atoms with Gasteiger partial charge in [0.05, 0.1) is 25.0 Å². The third-order valence-electron chi connectivity index (χ3n) is 3.51. The molecule has 0 aromatic carbocycles. The van der Waals surface area contributed by atoms with E-state index in [-0.39, 0.29) is 0 Å². The van der Waals surface area contributed by atoms with Gasteiger partial charge in [0.2, 0.25) is 5.88 Å². The van der Waals surface area contributed by atoms with Crippen LogP contribution in [0.2, 0.25) is 0 Å². The second kappa shape index (κ2) is 5.86. The van der Waals surface area contributed by atoms with Gasteiger partial charge in [-0.2, -0.15) is 4.98 Å². The molecule has 1 saturated heterocycles. The van der Waals surface area contributed by atoms with Gasteiger partial charge < -0.3 is 9.64 Å². The van der Waals surface area contributed by atoms with Crippen LogP contribution in [0.3, 0.4) is 0 Å². The Morgan fingerprint density at radius 1 is 1.30 bits per heavy atom. The Hall–Kier alpha value is -2.17. The third-order valence-corrected chi connectivity index (χ3v) is 3.51. The van der Waals surface area contributed by atoms with Crippen LogP contribution in [-0.2, 0) is 0 Å². The molecule has 0 amide bonds. The van der Waals surface area contributed by atoms with E-state index in [4.69, 9.17) is 4.74 Å². The molecule has 3 heterocycles. The number of aromatic nitrogens is 3. The molecule has 5 nitrogen and oxygen atoms in total. The van der Waals surface area contributed by atoms with Crippen molar-refractivity contribution < 1.29 is 4.74 Å². The maximum atomic E-state index is 5.43. The molecule has 0 spiro atoms. The van der Waals surface area contributed by atoms with Gasteiger partial charge in [-0.1, -0.05) is 6.07 Å². The predicted octanol–water partition coefficient (Wildman–Crippen LogP) is 2.61. The zero-order valence-corrected chi connectivity index (χ0v) is 11.6. The first kappa shape index (κ1) is 12.8. The number of pyridine rings is 1. The minimum Gasteiger partial charge on any atom is -0.477 e. The lowest BCUT2D eigenvalue weighted by Crippen LogP contribution is -2.23. The summed E-state index contributed by atoms with van der Waals surface area (Å²) in [6, 6.07) is 4.43. The Labute approximate surface area is 118 Å². The van der Waals surface area contributed by atoms with Crippen LogP contribution >= 0.6 is 0 Å². The second-order valence-electron chi connectivity index (χ2n) is 4.79. The third kappa shape index (κ3) is 2.57. The van der Waals surface area contributed by atoms with E-state index in [9.17, 15) is 0 Å². The van der Waals surface area contributed by atoms with Gasteiger partial charge in [-0.05, 0) is 31.4 Å². The minimum absolute atomic E-state index is 0.329. The van der Waals surface area contributed by atoms with Crippen LogP contribution in [0.5, 0.6) is 5.88 Å². The fourth-order valence-corrected chi connectivity index (χ4v) is 2.65. The summed E-state index contributed by atoms with van der Waals surface area (Å²) in [5.41, 5.74) is 1.23. The van der Waals surface area contributed by atoms with Crippen molar-refractivity contribution >= 4 is 5.82 Å². The maximum absolute atomic E-state index is 5.43. The van der Waals surface area contributed by atoms with E-state index < -0.39 is 0 Å². The van der Waals surface area contributed by atoms with Crippen molar-refractivity contribution in [3.63, 3.8) is 0 Å². The molecule has 1 fully saturated rings. The highest BCUT2D eigenvalue weighted by atomic mass is 16.5. The number of hydrogen-bond acceptors (Lipinski definition) is 5. The van der Waals surface area contributed by atoms with Crippen LogP contribution in [0.1, 0.15) is 31.4 Å². The standard InChI is InChI=1S/C15H18N4O/c1-2-20-15-11-17-10-14(18-15)19-8-4-6-13(19)12-5-3-7-16-9-12/h3,5,7,9-11,13H,2,4,6,8H2,1H3. The maximum Gasteiger partial charge on any atom is 0.234 e. The van der Waals surface area contributed by atoms with Crippen molar-refractivity contribution in [2.24, 2.45) is 0 Å². The Kier molecular flexibility index (Phi) is 3.76. The highest BCUT2D eigenvalue weighted by Crippen LogP contribution is 2.34. The van der Waals surface area contributed by atoms with Crippen molar-refractivity contribution in [3.05, 3.63) is 42.5 Å². The number of hydrogen-bond donors (Lipinski definition) is 0. The first-order valence-corrected chi connectivity index (χ1v) is 7.00. The van der Waals surface area contributed by atoms with Gasteiger partial charge in [-0.3, -0.25) is 9.97 Å². The summed E-state index contributed by atoms with van der Waals surface area (Å²) in [5, 5.41) is 0. The van der Waals surface area contributed by atoms with Gasteiger partial charge in [0, 0.05) is 18.9 Å². The van der Waals surface area contributed by atoms with Crippen LogP contribution in [0.4, 0.5) is 5.82 Å². The van der Waals surface area contributed by atoms with Crippen molar-refractivity contribution in [2.45, 2.75) is 25.8 Å². The smallest absolute Gasteiger partial charge is 0.234 e. The number of rotatable bonds is 4. The quantitative estimate of drug-likeness (QED) is 0.854. The first-order chi connectivity index (χ1) is 9.88. The van der Waals surface area contributed by atoms with E-state index >= 15 is 0 Å². The molecule has 20 heavy (non-hydrogen) atoms. The summed E-state index contributed by atoms with van der Waals surface area (Å²) in [5.74, 6) is 1.46. The van der Waals surface area contributed by atoms with Crippen molar-refractivity contribution in [3.8, 4) is 5.88 Å². The number of ether oxygens (including phenoxy) is 1. The topological polar surface area (TPSA) is 51.1 Å². The van der Waals surface area contributed by atoms with E-state index in [0.717, 1.165) is 25.2 Å². The summed E-state index contributed by atoms with van der Waals surface area (Å²) in [7, 11) is 0. The van der Waals surface area contributed by atoms with E-state index in [1.165, 1.54) is 5.56 Å². The molecule has 0 N–H and O–H groups in total. The molecule has 0 aliphatic carbocycles. The summed E-state index contributed by atoms with van der Waals surface area (Å²) >= 11 is 0. The molecule has 1 atom stereocenters. The Bertz CT molecular complexity index is 561. The molecule has 1 aliphatic rings. The SMILES string of the molecule is CCOc1cncc(N2CCCC2c2cccnc2)n1. The predicted molar refractivity (Wildman–Crippen MR) is 76.8 cm³/mol. The van der Waals surface area contributed by atoms with Gasteiger partial charge in [-0.25, -0.2) is 0 Å². The largest absolute Gasteiger partial charge is 0.477 e. The monoisotopic (exact) mass is 270 g/mol. The van der Waals surface area contributed by atoms with Crippen LogP contribution in [-0.4, -0.2) is 28.1 Å². The van der Waals surface area contributed by atoms with E-state index in [2.05, 4.69) is 25.9 Å². The average molecular weight is 270 g/mol. The Morgan fingerprint density at radius 2 is 2.25 bits per heavy atom. The molecule has 1 unspecified atom stereocenters. The fraction of sp³-hybridized carbons (Fsp3) is 0.400. The normalized spacial score (nSPS) is 18.2. The lowest BCUT2D eigenvalue weighted by Gasteiger charge is -2.25. The zero-order valence-electron chi connectivity index (χ0n) is 11.6. The van der Waals surface area contributed by atoms with Crippen LogP contribution in [0.15, 0.2) is 36.9 Å². The molecule has 3 rings (SSSR count). The molecule has 0 saturated carbocycles. The molecule has 0 radical (unpaired) electrons. The minimum atomic E-state index is 0.329. The van der Waals surface area contributed by atoms with Gasteiger partial charge in [0.15, 0.2) is 5.82 Å². The van der Waals surface area contributed by atoms with Crippen molar-refractivity contribution in [1.29, 1.82) is 0 Å². The van der Waals surface area contributed by atoms with Crippen molar-refractivity contribution in [2.75, 3.05) is 18.1 Å². The fourth-order valence-electron chi connectivity index (χ4n) is 2.65. The summed E-state index contributed by atoms with van der Waals surface area (Å²) in [6.07, 6.45) is 9.47. The van der Waals surface area contributed by atoms with Gasteiger partial charge in [-0.15, -0.1) is 0 Å². The molecular formula is C15H18N4O. The number of nitrogens with zero attached hydrogens (tertiary/aromatic N) is 4. The summed E-state index contributed by atoms with van der Waals surface area (Å²) in [6.45, 7) is 3.54. The molecule has 1 aliphatic heterocycles. The highest BCUT2D eigenvalue weighted by Gasteiger charge is 2.27. The van der Waals surface area contributed by atoms with Crippen LogP contribution in [0, 0.1) is 0 Å². The summed E-state index contributed by atoms with van der Waals surface area (Å²) in [4.78, 5) is 15.3. The van der Waals surface area contributed by atoms with E-state index in [1.807, 2.05) is 19.2 Å². The summed E-state index contributed by atoms with van der Waals surface area (Å²) < 4.78 is 5.43. The Morgan fingerprint density at radius 3 is 3.05 bits per heavy atom. The van der Waals surface area contributed by atoms with Crippen LogP contribution < -0.4 is 9.64 Å². The van der Waals surface area contributed by atoms with Crippen LogP contribution in [0.25, 0.3) is 0 Å². The van der Waals surface area contributed by atoms with Gasteiger partial charge in [0.25, 0.3) is 0 Å². The highest BCUT2D eigenvalue weighted by molar-refractivity contribution is 5.43.